The Morgan fingerprint density at radius 1 is 1.20 bits per heavy atom. The van der Waals surface area contributed by atoms with Crippen LogP contribution in [0.25, 0.3) is 0 Å². The van der Waals surface area contributed by atoms with Gasteiger partial charge in [-0.2, -0.15) is 5.10 Å². The number of nitrogens with zero attached hydrogens (tertiary/aromatic N) is 2. The van der Waals surface area contributed by atoms with Gasteiger partial charge in [0.05, 0.1) is 5.69 Å². The average molecular weight is 279 g/mol. The highest BCUT2D eigenvalue weighted by atomic mass is 15.3. The molecule has 1 aromatic rings. The van der Waals surface area contributed by atoms with Crippen molar-refractivity contribution in [2.75, 3.05) is 6.54 Å². The van der Waals surface area contributed by atoms with Gasteiger partial charge in [0.1, 0.15) is 0 Å². The summed E-state index contributed by atoms with van der Waals surface area (Å²) in [6.45, 7) is 15.7. The molecule has 2 atom stereocenters. The summed E-state index contributed by atoms with van der Waals surface area (Å²) >= 11 is 0. The Morgan fingerprint density at radius 3 is 2.40 bits per heavy atom. The number of aryl methyl sites for hydroxylation is 2. The summed E-state index contributed by atoms with van der Waals surface area (Å²) in [6, 6.07) is 2.85. The van der Waals surface area contributed by atoms with Crippen molar-refractivity contribution in [3.8, 4) is 0 Å². The van der Waals surface area contributed by atoms with Crippen LogP contribution >= 0.6 is 0 Å². The Morgan fingerprint density at radius 2 is 1.90 bits per heavy atom. The topological polar surface area (TPSA) is 29.9 Å². The maximum absolute atomic E-state index is 4.68. The molecule has 0 radical (unpaired) electrons. The van der Waals surface area contributed by atoms with Crippen molar-refractivity contribution < 1.29 is 0 Å². The Balaban J connectivity index is 2.81. The quantitative estimate of drug-likeness (QED) is 0.747. The third-order valence-electron chi connectivity index (χ3n) is 4.24. The van der Waals surface area contributed by atoms with Crippen LogP contribution in [0.4, 0.5) is 0 Å². The highest BCUT2D eigenvalue weighted by Gasteiger charge is 2.22. The summed E-state index contributed by atoms with van der Waals surface area (Å²) in [7, 11) is 0. The van der Waals surface area contributed by atoms with Crippen LogP contribution in [-0.2, 0) is 19.4 Å². The van der Waals surface area contributed by atoms with E-state index in [1.807, 2.05) is 0 Å². The van der Waals surface area contributed by atoms with E-state index in [2.05, 4.69) is 62.7 Å². The molecule has 0 saturated carbocycles. The van der Waals surface area contributed by atoms with Crippen LogP contribution in [0.5, 0.6) is 0 Å². The molecule has 0 saturated heterocycles. The summed E-state index contributed by atoms with van der Waals surface area (Å²) in [5.74, 6) is 1.34. The van der Waals surface area contributed by atoms with Crippen molar-refractivity contribution in [1.29, 1.82) is 0 Å². The van der Waals surface area contributed by atoms with Crippen LogP contribution in [0.3, 0.4) is 0 Å². The Kier molecular flexibility index (Phi) is 7.28. The molecular weight excluding hydrogens is 246 g/mol. The van der Waals surface area contributed by atoms with Crippen molar-refractivity contribution in [3.05, 3.63) is 17.5 Å². The summed E-state index contributed by atoms with van der Waals surface area (Å²) in [6.07, 6.45) is 3.34. The highest BCUT2D eigenvalue weighted by molar-refractivity contribution is 5.12. The van der Waals surface area contributed by atoms with Crippen LogP contribution in [0.1, 0.15) is 59.4 Å². The Labute approximate surface area is 125 Å². The molecule has 3 nitrogen and oxygen atoms in total. The van der Waals surface area contributed by atoms with Crippen molar-refractivity contribution in [1.82, 2.24) is 15.1 Å². The summed E-state index contributed by atoms with van der Waals surface area (Å²) in [4.78, 5) is 0. The van der Waals surface area contributed by atoms with Gasteiger partial charge >= 0.3 is 0 Å². The van der Waals surface area contributed by atoms with E-state index in [0.717, 1.165) is 25.9 Å². The van der Waals surface area contributed by atoms with E-state index in [9.17, 15) is 0 Å². The zero-order valence-corrected chi connectivity index (χ0v) is 14.2. The monoisotopic (exact) mass is 279 g/mol. The molecule has 1 rings (SSSR count). The zero-order valence-electron chi connectivity index (χ0n) is 14.2. The van der Waals surface area contributed by atoms with E-state index in [4.69, 9.17) is 0 Å². The standard InChI is InChI=1S/C17H33N3/c1-7-10-18-14(6)17(13(4)5)12-16-11-15(8-2)19-20(16)9-3/h11,13-14,17-18H,7-10,12H2,1-6H3. The number of aromatic nitrogens is 2. The van der Waals surface area contributed by atoms with Crippen LogP contribution in [0.15, 0.2) is 6.07 Å². The van der Waals surface area contributed by atoms with E-state index < -0.39 is 0 Å². The first-order chi connectivity index (χ1) is 9.53. The fraction of sp³-hybridized carbons (Fsp3) is 0.824. The normalized spacial score (nSPS) is 14.8. The third kappa shape index (κ3) is 4.62. The minimum atomic E-state index is 0.556. The van der Waals surface area contributed by atoms with Gasteiger partial charge in [-0.3, -0.25) is 4.68 Å². The fourth-order valence-corrected chi connectivity index (χ4v) is 2.88. The maximum atomic E-state index is 4.68. The van der Waals surface area contributed by atoms with Crippen LogP contribution < -0.4 is 5.32 Å². The van der Waals surface area contributed by atoms with Gasteiger partial charge in [0.15, 0.2) is 0 Å². The predicted molar refractivity (Wildman–Crippen MR) is 87.1 cm³/mol. The lowest BCUT2D eigenvalue weighted by molar-refractivity contribution is 0.283. The molecule has 1 aromatic heterocycles. The minimum absolute atomic E-state index is 0.556. The van der Waals surface area contributed by atoms with Gasteiger partial charge in [-0.1, -0.05) is 27.7 Å². The molecule has 116 valence electrons. The van der Waals surface area contributed by atoms with Crippen LogP contribution in [-0.4, -0.2) is 22.4 Å². The van der Waals surface area contributed by atoms with Crippen molar-refractivity contribution in [3.63, 3.8) is 0 Å². The van der Waals surface area contributed by atoms with Gasteiger partial charge in [-0.25, -0.2) is 0 Å². The molecule has 0 aliphatic heterocycles. The number of hydrogen-bond donors (Lipinski definition) is 1. The van der Waals surface area contributed by atoms with Crippen molar-refractivity contribution in [2.24, 2.45) is 11.8 Å². The lowest BCUT2D eigenvalue weighted by Crippen LogP contribution is -2.38. The second-order valence-electron chi connectivity index (χ2n) is 6.15. The van der Waals surface area contributed by atoms with Gasteiger partial charge in [0.2, 0.25) is 0 Å². The van der Waals surface area contributed by atoms with Gasteiger partial charge in [0, 0.05) is 18.3 Å². The smallest absolute Gasteiger partial charge is 0.0624 e. The van der Waals surface area contributed by atoms with Crippen molar-refractivity contribution in [2.45, 2.75) is 73.4 Å². The molecule has 0 aliphatic carbocycles. The maximum Gasteiger partial charge on any atom is 0.0624 e. The SMILES string of the molecule is CCCNC(C)C(Cc1cc(CC)nn1CC)C(C)C. The van der Waals surface area contributed by atoms with Crippen LogP contribution in [0, 0.1) is 11.8 Å². The Bertz CT molecular complexity index is 382. The minimum Gasteiger partial charge on any atom is -0.314 e. The van der Waals surface area contributed by atoms with E-state index in [0.29, 0.717) is 17.9 Å². The number of hydrogen-bond acceptors (Lipinski definition) is 2. The molecular formula is C17H33N3. The van der Waals surface area contributed by atoms with Gasteiger partial charge in [-0.15, -0.1) is 0 Å². The van der Waals surface area contributed by atoms with E-state index in [1.165, 1.54) is 17.8 Å². The number of rotatable bonds is 9. The molecule has 1 N–H and O–H groups in total. The molecule has 0 spiro atoms. The summed E-state index contributed by atoms with van der Waals surface area (Å²) in [5.41, 5.74) is 2.62. The Hall–Kier alpha value is -0.830. The van der Waals surface area contributed by atoms with Gasteiger partial charge < -0.3 is 5.32 Å². The molecule has 0 amide bonds. The van der Waals surface area contributed by atoms with E-state index in [1.54, 1.807) is 0 Å². The zero-order chi connectivity index (χ0) is 15.1. The molecule has 3 heteroatoms. The van der Waals surface area contributed by atoms with E-state index >= 15 is 0 Å². The summed E-state index contributed by atoms with van der Waals surface area (Å²) < 4.78 is 2.18. The third-order valence-corrected chi connectivity index (χ3v) is 4.24. The highest BCUT2D eigenvalue weighted by Crippen LogP contribution is 2.22. The number of nitrogens with one attached hydrogen (secondary N) is 1. The molecule has 0 bridgehead atoms. The molecule has 0 aromatic carbocycles. The first kappa shape index (κ1) is 17.2. The van der Waals surface area contributed by atoms with E-state index in [-0.39, 0.29) is 0 Å². The lowest BCUT2D eigenvalue weighted by Gasteiger charge is -2.28. The molecule has 1 heterocycles. The van der Waals surface area contributed by atoms with Gasteiger partial charge in [0.25, 0.3) is 0 Å². The van der Waals surface area contributed by atoms with Crippen molar-refractivity contribution >= 4 is 0 Å². The largest absolute Gasteiger partial charge is 0.314 e. The van der Waals surface area contributed by atoms with Crippen LogP contribution in [0.2, 0.25) is 0 Å². The summed E-state index contributed by atoms with van der Waals surface area (Å²) in [5, 5.41) is 8.34. The predicted octanol–water partition coefficient (Wildman–Crippen LogP) is 3.67. The first-order valence-electron chi connectivity index (χ1n) is 8.32. The molecule has 0 fully saturated rings. The lowest BCUT2D eigenvalue weighted by atomic mass is 9.85. The second-order valence-corrected chi connectivity index (χ2v) is 6.15. The fourth-order valence-electron chi connectivity index (χ4n) is 2.88. The second kappa shape index (κ2) is 8.46. The van der Waals surface area contributed by atoms with Gasteiger partial charge in [-0.05, 0) is 57.6 Å². The molecule has 0 aliphatic rings. The first-order valence-corrected chi connectivity index (χ1v) is 8.32. The molecule has 2 unspecified atom stereocenters. The average Bonchev–Trinajstić information content (AvgIpc) is 2.84. The molecule has 20 heavy (non-hydrogen) atoms.